The zero-order valence-electron chi connectivity index (χ0n) is 33.2. The maximum atomic E-state index is 15.4. The maximum absolute atomic E-state index is 15.4. The number of carbonyl (C=O) groups excluding carboxylic acids is 3. The number of aliphatic hydroxyl groups excluding tert-OH is 1. The molecule has 6 aromatic carbocycles. The summed E-state index contributed by atoms with van der Waals surface area (Å²) in [6.07, 6.45) is -1.91. The molecule has 2 fully saturated rings. The average molecular weight is 821 g/mol. The number of nitrogens with zero attached hydrogens (tertiary/aromatic N) is 4. The Balaban J connectivity index is 1.17. The van der Waals surface area contributed by atoms with Gasteiger partial charge in [-0.2, -0.15) is 0 Å². The van der Waals surface area contributed by atoms with Gasteiger partial charge >= 0.3 is 5.97 Å². The molecule has 7 unspecified atom stereocenters. The highest BCUT2D eigenvalue weighted by molar-refractivity contribution is 6.12. The molecule has 4 heterocycles. The molecule has 7 atom stereocenters. The van der Waals surface area contributed by atoms with Gasteiger partial charge < -0.3 is 25.6 Å². The second-order valence-electron chi connectivity index (χ2n) is 15.8. The lowest BCUT2D eigenvalue weighted by atomic mass is 9.65. The van der Waals surface area contributed by atoms with Gasteiger partial charge in [0.1, 0.15) is 35.4 Å². The minimum absolute atomic E-state index is 0.00959. The van der Waals surface area contributed by atoms with Gasteiger partial charge in [0.05, 0.1) is 29.6 Å². The summed E-state index contributed by atoms with van der Waals surface area (Å²) in [5.41, 5.74) is 4.06. The molecule has 0 bridgehead atoms. The molecule has 0 aliphatic carbocycles. The molecule has 0 radical (unpaired) electrons. The first-order valence-corrected chi connectivity index (χ1v) is 20.4. The van der Waals surface area contributed by atoms with E-state index in [1.54, 1.807) is 65.3 Å². The fourth-order valence-electron chi connectivity index (χ4n) is 9.68. The molecule has 4 N–H and O–H groups in total. The molecular weight excluding hydrogens is 781 g/mol. The van der Waals surface area contributed by atoms with Crippen LogP contribution in [0.5, 0.6) is 5.75 Å². The van der Waals surface area contributed by atoms with Gasteiger partial charge in [0.25, 0.3) is 0 Å². The van der Waals surface area contributed by atoms with Gasteiger partial charge in [-0.3, -0.25) is 19.3 Å². The number of esters is 1. The van der Waals surface area contributed by atoms with E-state index in [0.29, 0.717) is 27.9 Å². The Morgan fingerprint density at radius 3 is 2.23 bits per heavy atom. The van der Waals surface area contributed by atoms with Crippen molar-refractivity contribution in [3.8, 4) is 17.6 Å². The van der Waals surface area contributed by atoms with Crippen molar-refractivity contribution in [3.63, 3.8) is 0 Å². The highest BCUT2D eigenvalue weighted by Gasteiger charge is 2.74. The van der Waals surface area contributed by atoms with Crippen molar-refractivity contribution in [3.05, 3.63) is 191 Å². The fraction of sp³-hybridized carbons (Fsp3) is 0.180. The van der Waals surface area contributed by atoms with Crippen LogP contribution in [0.1, 0.15) is 57.7 Å². The zero-order chi connectivity index (χ0) is 42.4. The van der Waals surface area contributed by atoms with E-state index >= 15 is 14.4 Å². The number of morpholine rings is 1. The number of anilines is 1. The minimum atomic E-state index is -1.77. The molecule has 1 spiro atoms. The largest absolute Gasteiger partial charge is 0.508 e. The molecule has 2 saturated heterocycles. The third-order valence-electron chi connectivity index (χ3n) is 12.3. The minimum Gasteiger partial charge on any atom is -0.508 e. The second-order valence-corrected chi connectivity index (χ2v) is 15.8. The van der Waals surface area contributed by atoms with Gasteiger partial charge in [0, 0.05) is 17.8 Å². The maximum Gasteiger partial charge on any atom is 0.324 e. The summed E-state index contributed by atoms with van der Waals surface area (Å²) in [6.45, 7) is 0.0545. The SMILES string of the molecule is O=C1OC(c2ccccc2)C(c2ccccc2)N2C1C(C(=O)NCC(O)c1ccccc1)C1(C(=O)Nc3ccc(C#CCn4nnc5ccccc54)cc31)C2c1ccc(O)cc1. The van der Waals surface area contributed by atoms with Crippen LogP contribution >= 0.6 is 0 Å². The smallest absolute Gasteiger partial charge is 0.324 e. The summed E-state index contributed by atoms with van der Waals surface area (Å²) in [5.74, 6) is 3.30. The summed E-state index contributed by atoms with van der Waals surface area (Å²) in [7, 11) is 0. The van der Waals surface area contributed by atoms with Crippen molar-refractivity contribution >= 4 is 34.5 Å². The molecule has 306 valence electrons. The Morgan fingerprint density at radius 1 is 0.806 bits per heavy atom. The van der Waals surface area contributed by atoms with Crippen molar-refractivity contribution in [2.24, 2.45) is 5.92 Å². The first-order chi connectivity index (χ1) is 30.3. The number of benzene rings is 6. The van der Waals surface area contributed by atoms with E-state index in [-0.39, 0.29) is 18.8 Å². The number of phenolic OH excluding ortho intramolecular Hbond substituents is 1. The van der Waals surface area contributed by atoms with Crippen LogP contribution < -0.4 is 10.6 Å². The van der Waals surface area contributed by atoms with E-state index in [1.807, 2.05) is 102 Å². The van der Waals surface area contributed by atoms with Crippen LogP contribution in [0.4, 0.5) is 5.69 Å². The van der Waals surface area contributed by atoms with E-state index in [4.69, 9.17) is 4.74 Å². The molecule has 7 aromatic rings. The fourth-order valence-corrected chi connectivity index (χ4v) is 9.68. The second kappa shape index (κ2) is 15.8. The van der Waals surface area contributed by atoms with Crippen LogP contribution in [0.15, 0.2) is 158 Å². The Labute approximate surface area is 356 Å². The number of hydrogen-bond acceptors (Lipinski definition) is 9. The summed E-state index contributed by atoms with van der Waals surface area (Å²) < 4.78 is 8.19. The Morgan fingerprint density at radius 2 is 1.48 bits per heavy atom. The molecule has 0 saturated carbocycles. The normalized spacial score (nSPS) is 23.1. The first-order valence-electron chi connectivity index (χ1n) is 20.4. The summed E-state index contributed by atoms with van der Waals surface area (Å²) in [5, 5.41) is 36.4. The van der Waals surface area contributed by atoms with Crippen LogP contribution in [-0.4, -0.2) is 60.5 Å². The van der Waals surface area contributed by atoms with Crippen molar-refractivity contribution < 1.29 is 29.3 Å². The number of rotatable bonds is 8. The third kappa shape index (κ3) is 6.46. The third-order valence-corrected chi connectivity index (χ3v) is 12.3. The standard InChI is InChI=1S/C50H40N6O6/c57-36-25-23-35(24-26-36)46-50(37-29-31(22-27-38(37)52-49(50)61)13-12-28-55-40-21-11-10-20-39(40)53-54-55)42(47(59)51-30-41(58)32-14-4-1-5-15-32)44-48(60)62-45(34-18-8-3-9-19-34)43(56(44)46)33-16-6-2-7-17-33/h1-11,14-27,29,41-46,57-58H,28,30H2,(H,51,59)(H,52,61). The topological polar surface area (TPSA) is 159 Å². The Bertz CT molecular complexity index is 2880. The average Bonchev–Trinajstić information content (AvgIpc) is 3.96. The summed E-state index contributed by atoms with van der Waals surface area (Å²) in [4.78, 5) is 47.7. The molecule has 62 heavy (non-hydrogen) atoms. The number of cyclic esters (lactones) is 1. The van der Waals surface area contributed by atoms with Gasteiger partial charge in [0.2, 0.25) is 11.8 Å². The van der Waals surface area contributed by atoms with Gasteiger partial charge in [-0.15, -0.1) is 5.10 Å². The predicted octanol–water partition coefficient (Wildman–Crippen LogP) is 6.31. The van der Waals surface area contributed by atoms with Gasteiger partial charge in [-0.05, 0) is 70.3 Å². The lowest BCUT2D eigenvalue weighted by Crippen LogP contribution is -2.55. The quantitative estimate of drug-likeness (QED) is 0.102. The number of amides is 2. The number of nitrogens with one attached hydrogen (secondary N) is 2. The molecule has 12 heteroatoms. The summed E-state index contributed by atoms with van der Waals surface area (Å²) in [6, 6.07) is 44.6. The summed E-state index contributed by atoms with van der Waals surface area (Å²) >= 11 is 0. The monoisotopic (exact) mass is 820 g/mol. The lowest BCUT2D eigenvalue weighted by Gasteiger charge is -2.46. The van der Waals surface area contributed by atoms with Gasteiger partial charge in [-0.1, -0.05) is 132 Å². The molecule has 3 aliphatic rings. The molecule has 2 amide bonds. The Kier molecular flexibility index (Phi) is 9.83. The van der Waals surface area contributed by atoms with Crippen molar-refractivity contribution in [1.29, 1.82) is 0 Å². The van der Waals surface area contributed by atoms with E-state index in [2.05, 4.69) is 32.8 Å². The predicted molar refractivity (Wildman–Crippen MR) is 230 cm³/mol. The van der Waals surface area contributed by atoms with Crippen molar-refractivity contribution in [1.82, 2.24) is 25.2 Å². The number of aromatic hydroxyl groups is 1. The van der Waals surface area contributed by atoms with E-state index < -0.39 is 59.5 Å². The van der Waals surface area contributed by atoms with Crippen molar-refractivity contribution in [2.45, 2.75) is 42.3 Å². The molecule has 3 aliphatic heterocycles. The van der Waals surface area contributed by atoms with Crippen LogP contribution in [0, 0.1) is 17.8 Å². The number of ether oxygens (including phenoxy) is 1. The van der Waals surface area contributed by atoms with E-state index in [1.165, 1.54) is 0 Å². The number of fused-ring (bicyclic) bond motifs is 4. The number of phenols is 1. The molecule has 10 rings (SSSR count). The number of aliphatic hydroxyl groups is 1. The zero-order valence-corrected chi connectivity index (χ0v) is 33.2. The molecule has 1 aromatic heterocycles. The van der Waals surface area contributed by atoms with Crippen molar-refractivity contribution in [2.75, 3.05) is 11.9 Å². The number of hydrogen-bond donors (Lipinski definition) is 4. The van der Waals surface area contributed by atoms with E-state index in [0.717, 1.165) is 22.2 Å². The van der Waals surface area contributed by atoms with E-state index in [9.17, 15) is 10.2 Å². The van der Waals surface area contributed by atoms with Gasteiger partial charge in [-0.25, -0.2) is 4.68 Å². The first kappa shape index (κ1) is 38.6. The Hall–Kier alpha value is -7.59. The highest BCUT2D eigenvalue weighted by Crippen LogP contribution is 2.64. The van der Waals surface area contributed by atoms with Crippen LogP contribution in [0.25, 0.3) is 11.0 Å². The number of aromatic nitrogens is 3. The molecular formula is C50H40N6O6. The van der Waals surface area contributed by atoms with Crippen LogP contribution in [0.2, 0.25) is 0 Å². The number of carbonyl (C=O) groups is 3. The van der Waals surface area contributed by atoms with Gasteiger partial charge in [0.15, 0.2) is 0 Å². The molecule has 12 nitrogen and oxygen atoms in total. The highest BCUT2D eigenvalue weighted by atomic mass is 16.6. The van der Waals surface area contributed by atoms with Crippen LogP contribution in [-0.2, 0) is 31.1 Å². The number of para-hydroxylation sites is 1. The van der Waals surface area contributed by atoms with Crippen LogP contribution in [0.3, 0.4) is 0 Å². The lowest BCUT2D eigenvalue weighted by molar-refractivity contribution is -0.178.